The van der Waals surface area contributed by atoms with Gasteiger partial charge in [-0.2, -0.15) is 0 Å². The van der Waals surface area contributed by atoms with Crippen molar-refractivity contribution in [2.24, 2.45) is 0 Å². The minimum atomic E-state index is -1.38. The maximum atomic E-state index is 13.4. The van der Waals surface area contributed by atoms with Gasteiger partial charge >= 0.3 is 5.97 Å². The predicted molar refractivity (Wildman–Crippen MR) is 71.9 cm³/mol. The van der Waals surface area contributed by atoms with Gasteiger partial charge in [0.1, 0.15) is 23.0 Å². The molecule has 110 valence electrons. The van der Waals surface area contributed by atoms with Crippen molar-refractivity contribution in [1.29, 1.82) is 0 Å². The Kier molecular flexibility index (Phi) is 4.47. The van der Waals surface area contributed by atoms with Crippen LogP contribution in [0.5, 0.6) is 0 Å². The molecular weight excluding hydrogens is 283 g/mol. The summed E-state index contributed by atoms with van der Waals surface area (Å²) in [6.45, 7) is 0.215. The van der Waals surface area contributed by atoms with Crippen molar-refractivity contribution in [3.8, 4) is 0 Å². The molecule has 0 unspecified atom stereocenters. The molecule has 0 aliphatic rings. The van der Waals surface area contributed by atoms with Crippen molar-refractivity contribution in [1.82, 2.24) is 0 Å². The highest BCUT2D eigenvalue weighted by Gasteiger charge is 2.15. The van der Waals surface area contributed by atoms with Crippen LogP contribution < -0.4 is 5.32 Å². The van der Waals surface area contributed by atoms with E-state index in [4.69, 9.17) is 5.11 Å². The Labute approximate surface area is 119 Å². The van der Waals surface area contributed by atoms with E-state index in [1.165, 1.54) is 24.3 Å². The van der Waals surface area contributed by atoms with Crippen LogP contribution in [0.2, 0.25) is 0 Å². The first-order chi connectivity index (χ1) is 9.97. The minimum Gasteiger partial charge on any atom is -0.478 e. The van der Waals surface area contributed by atoms with Crippen LogP contribution in [0, 0.1) is 17.5 Å². The summed E-state index contributed by atoms with van der Waals surface area (Å²) in [6, 6.07) is 7.01. The summed E-state index contributed by atoms with van der Waals surface area (Å²) in [5, 5.41) is 11.7. The molecule has 2 aromatic carbocycles. The number of benzene rings is 2. The molecular formula is C15H12F3NO2. The number of rotatable bonds is 5. The lowest BCUT2D eigenvalue weighted by Crippen LogP contribution is -2.11. The van der Waals surface area contributed by atoms with E-state index in [1.54, 1.807) is 0 Å². The van der Waals surface area contributed by atoms with Crippen molar-refractivity contribution in [2.75, 3.05) is 11.9 Å². The highest BCUT2D eigenvalue weighted by molar-refractivity contribution is 5.94. The van der Waals surface area contributed by atoms with Gasteiger partial charge in [-0.05, 0) is 36.2 Å². The van der Waals surface area contributed by atoms with Crippen molar-refractivity contribution in [2.45, 2.75) is 6.42 Å². The zero-order valence-corrected chi connectivity index (χ0v) is 10.9. The van der Waals surface area contributed by atoms with E-state index in [-0.39, 0.29) is 18.7 Å². The Balaban J connectivity index is 2.07. The van der Waals surface area contributed by atoms with E-state index >= 15 is 0 Å². The number of aromatic carboxylic acids is 1. The second-order valence-electron chi connectivity index (χ2n) is 4.42. The standard InChI is InChI=1S/C15H12F3NO2/c16-10-6-9(7-11(17)8-10)4-5-19-13-3-1-2-12(18)14(13)15(20)21/h1-3,6-8,19H,4-5H2,(H,20,21). The van der Waals surface area contributed by atoms with Gasteiger partial charge in [-0.15, -0.1) is 0 Å². The van der Waals surface area contributed by atoms with Gasteiger partial charge in [0.15, 0.2) is 0 Å². The fourth-order valence-corrected chi connectivity index (χ4v) is 1.99. The maximum Gasteiger partial charge on any atom is 0.340 e. The van der Waals surface area contributed by atoms with E-state index in [0.29, 0.717) is 5.56 Å². The number of carbonyl (C=O) groups is 1. The zero-order valence-electron chi connectivity index (χ0n) is 10.9. The number of nitrogens with one attached hydrogen (secondary N) is 1. The Morgan fingerprint density at radius 2 is 1.76 bits per heavy atom. The molecule has 0 fully saturated rings. The van der Waals surface area contributed by atoms with Gasteiger partial charge in [-0.25, -0.2) is 18.0 Å². The third-order valence-corrected chi connectivity index (χ3v) is 2.88. The van der Waals surface area contributed by atoms with Gasteiger partial charge < -0.3 is 10.4 Å². The summed E-state index contributed by atoms with van der Waals surface area (Å²) in [6.07, 6.45) is 0.268. The van der Waals surface area contributed by atoms with E-state index in [9.17, 15) is 18.0 Å². The summed E-state index contributed by atoms with van der Waals surface area (Å²) < 4.78 is 39.5. The van der Waals surface area contributed by atoms with Crippen molar-refractivity contribution in [3.63, 3.8) is 0 Å². The van der Waals surface area contributed by atoms with Crippen LogP contribution in [-0.4, -0.2) is 17.6 Å². The Hall–Kier alpha value is -2.50. The minimum absolute atomic E-state index is 0.124. The van der Waals surface area contributed by atoms with E-state index in [1.807, 2.05) is 0 Å². The normalized spacial score (nSPS) is 10.4. The van der Waals surface area contributed by atoms with E-state index in [0.717, 1.165) is 12.1 Å². The molecule has 0 bridgehead atoms. The van der Waals surface area contributed by atoms with Crippen LogP contribution in [0.25, 0.3) is 0 Å². The molecule has 2 rings (SSSR count). The first-order valence-corrected chi connectivity index (χ1v) is 6.18. The SMILES string of the molecule is O=C(O)c1c(F)cccc1NCCc1cc(F)cc(F)c1. The van der Waals surface area contributed by atoms with Crippen molar-refractivity contribution < 1.29 is 23.1 Å². The van der Waals surface area contributed by atoms with Gasteiger partial charge in [0.25, 0.3) is 0 Å². The van der Waals surface area contributed by atoms with Crippen LogP contribution >= 0.6 is 0 Å². The largest absolute Gasteiger partial charge is 0.478 e. The Morgan fingerprint density at radius 3 is 2.38 bits per heavy atom. The van der Waals surface area contributed by atoms with E-state index in [2.05, 4.69) is 5.32 Å². The lowest BCUT2D eigenvalue weighted by molar-refractivity contribution is 0.0693. The third kappa shape index (κ3) is 3.75. The number of anilines is 1. The Bertz CT molecular complexity index is 654. The van der Waals surface area contributed by atoms with Crippen LogP contribution in [-0.2, 0) is 6.42 Å². The van der Waals surface area contributed by atoms with Gasteiger partial charge in [0.2, 0.25) is 0 Å². The highest BCUT2D eigenvalue weighted by atomic mass is 19.1. The molecule has 0 atom stereocenters. The van der Waals surface area contributed by atoms with Crippen LogP contribution in [0.15, 0.2) is 36.4 Å². The molecule has 0 saturated carbocycles. The van der Waals surface area contributed by atoms with E-state index < -0.39 is 29.0 Å². The molecule has 6 heteroatoms. The summed E-state index contributed by atoms with van der Waals surface area (Å²) >= 11 is 0. The van der Waals surface area contributed by atoms with Gasteiger partial charge in [0, 0.05) is 12.6 Å². The Morgan fingerprint density at radius 1 is 1.10 bits per heavy atom. The second-order valence-corrected chi connectivity index (χ2v) is 4.42. The molecule has 2 N–H and O–H groups in total. The molecule has 0 radical (unpaired) electrons. The fourth-order valence-electron chi connectivity index (χ4n) is 1.99. The summed E-state index contributed by atoms with van der Waals surface area (Å²) in [5.41, 5.74) is 0.0931. The molecule has 2 aromatic rings. The summed E-state index contributed by atoms with van der Waals surface area (Å²) in [5.74, 6) is -3.58. The fraction of sp³-hybridized carbons (Fsp3) is 0.133. The molecule has 0 heterocycles. The molecule has 0 aromatic heterocycles. The van der Waals surface area contributed by atoms with Crippen LogP contribution in [0.3, 0.4) is 0 Å². The lowest BCUT2D eigenvalue weighted by Gasteiger charge is -2.10. The molecule has 0 saturated heterocycles. The molecule has 0 amide bonds. The van der Waals surface area contributed by atoms with Crippen molar-refractivity contribution in [3.05, 3.63) is 65.0 Å². The average Bonchev–Trinajstić information content (AvgIpc) is 2.37. The third-order valence-electron chi connectivity index (χ3n) is 2.88. The highest BCUT2D eigenvalue weighted by Crippen LogP contribution is 2.19. The molecule has 0 spiro atoms. The molecule has 21 heavy (non-hydrogen) atoms. The quantitative estimate of drug-likeness (QED) is 0.888. The van der Waals surface area contributed by atoms with Gasteiger partial charge in [-0.1, -0.05) is 6.07 Å². The number of hydrogen-bond acceptors (Lipinski definition) is 2. The van der Waals surface area contributed by atoms with Gasteiger partial charge in [-0.3, -0.25) is 0 Å². The monoisotopic (exact) mass is 295 g/mol. The number of carboxylic acid groups (broad SMARTS) is 1. The zero-order chi connectivity index (χ0) is 15.4. The summed E-state index contributed by atoms with van der Waals surface area (Å²) in [4.78, 5) is 11.0. The van der Waals surface area contributed by atoms with Gasteiger partial charge in [0.05, 0.1) is 5.69 Å². The van der Waals surface area contributed by atoms with Crippen molar-refractivity contribution >= 4 is 11.7 Å². The first-order valence-electron chi connectivity index (χ1n) is 6.18. The predicted octanol–water partition coefficient (Wildman–Crippen LogP) is 3.46. The van der Waals surface area contributed by atoms with Crippen LogP contribution in [0.1, 0.15) is 15.9 Å². The average molecular weight is 295 g/mol. The van der Waals surface area contributed by atoms with Crippen LogP contribution in [0.4, 0.5) is 18.9 Å². The lowest BCUT2D eigenvalue weighted by atomic mass is 10.1. The first kappa shape index (κ1) is 14.9. The number of hydrogen-bond donors (Lipinski definition) is 2. The molecule has 0 aliphatic carbocycles. The molecule has 0 aliphatic heterocycles. The topological polar surface area (TPSA) is 49.3 Å². The number of halogens is 3. The smallest absolute Gasteiger partial charge is 0.340 e. The summed E-state index contributed by atoms with van der Waals surface area (Å²) in [7, 11) is 0. The number of carboxylic acids is 1. The molecule has 3 nitrogen and oxygen atoms in total. The maximum absolute atomic E-state index is 13.4. The second kappa shape index (κ2) is 6.30.